The Labute approximate surface area is 109 Å². The van der Waals surface area contributed by atoms with E-state index in [0.717, 1.165) is 0 Å². The van der Waals surface area contributed by atoms with E-state index in [0.29, 0.717) is 31.0 Å². The van der Waals surface area contributed by atoms with Crippen LogP contribution in [0.25, 0.3) is 0 Å². The van der Waals surface area contributed by atoms with Gasteiger partial charge in [-0.3, -0.25) is 14.9 Å². The molecule has 1 amide bonds. The molecular formula is C12H14N2O5. The van der Waals surface area contributed by atoms with Gasteiger partial charge in [0, 0.05) is 32.4 Å². The molecule has 19 heavy (non-hydrogen) atoms. The van der Waals surface area contributed by atoms with Crippen LogP contribution < -0.4 is 9.64 Å². The van der Waals surface area contributed by atoms with Gasteiger partial charge in [-0.1, -0.05) is 0 Å². The Bertz CT molecular complexity index is 503. The van der Waals surface area contributed by atoms with Gasteiger partial charge in [-0.05, 0) is 12.5 Å². The van der Waals surface area contributed by atoms with Crippen molar-refractivity contribution >= 4 is 17.3 Å². The molecule has 0 unspecified atom stereocenters. The van der Waals surface area contributed by atoms with Crippen molar-refractivity contribution in [3.63, 3.8) is 0 Å². The van der Waals surface area contributed by atoms with Crippen LogP contribution in [0.4, 0.5) is 11.4 Å². The Morgan fingerprint density at radius 1 is 1.53 bits per heavy atom. The van der Waals surface area contributed by atoms with Crippen LogP contribution in [0.2, 0.25) is 0 Å². The summed E-state index contributed by atoms with van der Waals surface area (Å²) in [7, 11) is 1.58. The quantitative estimate of drug-likeness (QED) is 0.456. The van der Waals surface area contributed by atoms with Crippen LogP contribution in [0, 0.1) is 10.1 Å². The lowest BCUT2D eigenvalue weighted by Gasteiger charge is -2.29. The summed E-state index contributed by atoms with van der Waals surface area (Å²) in [6, 6.07) is 4.24. The maximum atomic E-state index is 11.8. The highest BCUT2D eigenvalue weighted by Crippen LogP contribution is 2.35. The zero-order valence-electron chi connectivity index (χ0n) is 10.5. The predicted molar refractivity (Wildman–Crippen MR) is 67.4 cm³/mol. The van der Waals surface area contributed by atoms with Gasteiger partial charge < -0.3 is 14.4 Å². The van der Waals surface area contributed by atoms with E-state index in [2.05, 4.69) is 0 Å². The number of carbonyl (C=O) groups is 1. The fourth-order valence-corrected chi connectivity index (χ4v) is 1.92. The molecule has 7 nitrogen and oxygen atoms in total. The molecule has 0 aromatic heterocycles. The van der Waals surface area contributed by atoms with Crippen LogP contribution in [0.15, 0.2) is 18.2 Å². The molecule has 102 valence electrons. The van der Waals surface area contributed by atoms with E-state index in [1.165, 1.54) is 23.1 Å². The summed E-state index contributed by atoms with van der Waals surface area (Å²) in [4.78, 5) is 23.6. The van der Waals surface area contributed by atoms with E-state index in [9.17, 15) is 14.9 Å². The Hall–Kier alpha value is -2.15. The van der Waals surface area contributed by atoms with E-state index >= 15 is 0 Å². The van der Waals surface area contributed by atoms with Crippen molar-refractivity contribution in [3.8, 4) is 5.75 Å². The van der Waals surface area contributed by atoms with Gasteiger partial charge in [0.2, 0.25) is 0 Å². The number of benzene rings is 1. The number of non-ortho nitro benzene ring substituents is 1. The minimum Gasteiger partial charge on any atom is -0.482 e. The molecule has 0 aliphatic carbocycles. The topological polar surface area (TPSA) is 81.9 Å². The summed E-state index contributed by atoms with van der Waals surface area (Å²) in [5.74, 6) is 0.284. The molecule has 1 heterocycles. The minimum absolute atomic E-state index is 0.0439. The molecule has 0 N–H and O–H groups in total. The van der Waals surface area contributed by atoms with Gasteiger partial charge >= 0.3 is 0 Å². The number of fused-ring (bicyclic) bond motifs is 1. The molecule has 0 spiro atoms. The third-order valence-electron chi connectivity index (χ3n) is 2.83. The molecule has 1 aromatic carbocycles. The molecule has 7 heteroatoms. The average Bonchev–Trinajstić information content (AvgIpc) is 2.40. The molecule has 2 rings (SSSR count). The van der Waals surface area contributed by atoms with Gasteiger partial charge in [0.05, 0.1) is 10.6 Å². The summed E-state index contributed by atoms with van der Waals surface area (Å²) < 4.78 is 10.2. The van der Waals surface area contributed by atoms with Crippen LogP contribution in [-0.2, 0) is 9.53 Å². The highest BCUT2D eigenvalue weighted by atomic mass is 16.6. The Morgan fingerprint density at radius 3 is 3.00 bits per heavy atom. The fourth-order valence-electron chi connectivity index (χ4n) is 1.92. The molecule has 0 atom stereocenters. The number of methoxy groups -OCH3 is 1. The van der Waals surface area contributed by atoms with Crippen LogP contribution in [0.1, 0.15) is 6.42 Å². The molecule has 0 radical (unpaired) electrons. The van der Waals surface area contributed by atoms with Crippen LogP contribution in [0.5, 0.6) is 5.75 Å². The van der Waals surface area contributed by atoms with Crippen molar-refractivity contribution in [2.75, 3.05) is 31.8 Å². The Kier molecular flexibility index (Phi) is 3.96. The highest BCUT2D eigenvalue weighted by Gasteiger charge is 2.27. The monoisotopic (exact) mass is 266 g/mol. The van der Waals surface area contributed by atoms with E-state index < -0.39 is 4.92 Å². The number of amides is 1. The van der Waals surface area contributed by atoms with Crippen molar-refractivity contribution in [1.82, 2.24) is 0 Å². The molecule has 0 saturated carbocycles. The third kappa shape index (κ3) is 2.82. The van der Waals surface area contributed by atoms with Crippen LogP contribution in [0.3, 0.4) is 0 Å². The van der Waals surface area contributed by atoms with Crippen LogP contribution >= 0.6 is 0 Å². The summed E-state index contributed by atoms with van der Waals surface area (Å²) >= 11 is 0. The van der Waals surface area contributed by atoms with Gasteiger partial charge in [0.15, 0.2) is 6.61 Å². The SMILES string of the molecule is COCCCN1C(=O)COc2ccc([N+](=O)[O-])cc21. The first kappa shape index (κ1) is 13.3. The lowest BCUT2D eigenvalue weighted by Crippen LogP contribution is -2.39. The van der Waals surface area contributed by atoms with Crippen molar-refractivity contribution in [2.24, 2.45) is 0 Å². The second kappa shape index (κ2) is 5.66. The first-order valence-electron chi connectivity index (χ1n) is 5.84. The number of anilines is 1. The summed E-state index contributed by atoms with van der Waals surface area (Å²) in [6.07, 6.45) is 0.657. The first-order chi connectivity index (χ1) is 9.13. The largest absolute Gasteiger partial charge is 0.482 e. The number of carbonyl (C=O) groups excluding carboxylic acids is 1. The Balaban J connectivity index is 2.27. The lowest BCUT2D eigenvalue weighted by atomic mass is 10.2. The number of ether oxygens (including phenoxy) is 2. The van der Waals surface area contributed by atoms with E-state index in [1.54, 1.807) is 7.11 Å². The smallest absolute Gasteiger partial charge is 0.271 e. The molecular weight excluding hydrogens is 252 g/mol. The number of hydrogen-bond acceptors (Lipinski definition) is 5. The second-order valence-electron chi connectivity index (χ2n) is 4.09. The van der Waals surface area contributed by atoms with E-state index in [-0.39, 0.29) is 18.2 Å². The number of rotatable bonds is 5. The highest BCUT2D eigenvalue weighted by molar-refractivity contribution is 5.98. The number of hydrogen-bond donors (Lipinski definition) is 0. The fraction of sp³-hybridized carbons (Fsp3) is 0.417. The first-order valence-corrected chi connectivity index (χ1v) is 5.84. The normalized spacial score (nSPS) is 13.9. The second-order valence-corrected chi connectivity index (χ2v) is 4.09. The molecule has 1 aromatic rings. The third-order valence-corrected chi connectivity index (χ3v) is 2.83. The van der Waals surface area contributed by atoms with E-state index in [4.69, 9.17) is 9.47 Å². The number of nitrogens with zero attached hydrogens (tertiary/aromatic N) is 2. The molecule has 0 saturated heterocycles. The van der Waals surface area contributed by atoms with Crippen molar-refractivity contribution < 1.29 is 19.2 Å². The van der Waals surface area contributed by atoms with Gasteiger partial charge in [0.25, 0.3) is 11.6 Å². The maximum absolute atomic E-state index is 11.8. The van der Waals surface area contributed by atoms with Crippen LogP contribution in [-0.4, -0.2) is 37.7 Å². The van der Waals surface area contributed by atoms with Crippen molar-refractivity contribution in [1.29, 1.82) is 0 Å². The molecule has 1 aliphatic heterocycles. The molecule has 0 bridgehead atoms. The van der Waals surface area contributed by atoms with Crippen molar-refractivity contribution in [3.05, 3.63) is 28.3 Å². The zero-order chi connectivity index (χ0) is 13.8. The summed E-state index contributed by atoms with van der Waals surface area (Å²) in [5, 5.41) is 10.8. The minimum atomic E-state index is -0.493. The predicted octanol–water partition coefficient (Wildman–Crippen LogP) is 1.36. The number of nitro benzene ring substituents is 1. The molecule has 0 fully saturated rings. The van der Waals surface area contributed by atoms with Gasteiger partial charge in [-0.2, -0.15) is 0 Å². The Morgan fingerprint density at radius 2 is 2.32 bits per heavy atom. The molecule has 1 aliphatic rings. The number of nitro groups is 1. The van der Waals surface area contributed by atoms with E-state index in [1.807, 2.05) is 0 Å². The zero-order valence-corrected chi connectivity index (χ0v) is 10.5. The standard InChI is InChI=1S/C12H14N2O5/c1-18-6-2-5-13-10-7-9(14(16)17)3-4-11(10)19-8-12(13)15/h3-4,7H,2,5-6,8H2,1H3. The average molecular weight is 266 g/mol. The maximum Gasteiger partial charge on any atom is 0.271 e. The summed E-state index contributed by atoms with van der Waals surface area (Å²) in [6.45, 7) is 0.927. The van der Waals surface area contributed by atoms with Gasteiger partial charge in [-0.25, -0.2) is 0 Å². The van der Waals surface area contributed by atoms with Gasteiger partial charge in [-0.15, -0.1) is 0 Å². The van der Waals surface area contributed by atoms with Gasteiger partial charge in [0.1, 0.15) is 5.75 Å². The summed E-state index contributed by atoms with van der Waals surface area (Å²) in [5.41, 5.74) is 0.385. The lowest BCUT2D eigenvalue weighted by molar-refractivity contribution is -0.384. The van der Waals surface area contributed by atoms with Crippen molar-refractivity contribution in [2.45, 2.75) is 6.42 Å².